The highest BCUT2D eigenvalue weighted by molar-refractivity contribution is 5.79. The van der Waals surface area contributed by atoms with E-state index in [2.05, 4.69) is 10.6 Å². The molecule has 2 aliphatic heterocycles. The van der Waals surface area contributed by atoms with Crippen molar-refractivity contribution in [2.24, 2.45) is 11.5 Å². The molecule has 0 bridgehead atoms. The first-order valence-corrected chi connectivity index (χ1v) is 6.70. The summed E-state index contributed by atoms with van der Waals surface area (Å²) in [6.07, 6.45) is 7.17. The van der Waals surface area contributed by atoms with Gasteiger partial charge in [0.2, 0.25) is 5.91 Å². The molecule has 0 radical (unpaired) electrons. The molecule has 0 saturated carbocycles. The first kappa shape index (κ1) is 14.4. The van der Waals surface area contributed by atoms with Crippen LogP contribution in [0.25, 0.3) is 0 Å². The summed E-state index contributed by atoms with van der Waals surface area (Å²) in [4.78, 5) is 10.5. The zero-order valence-electron chi connectivity index (χ0n) is 10.6. The largest absolute Gasteiger partial charge is 0.368 e. The standard InChI is InChI=1S/C6H12N2O.C6H14N2/c7-6(9)5-3-1-2-4-8-5;7-5-6-3-1-2-4-8-6/h5,8H,1-4H2,(H2,7,9);6,8H,1-5,7H2/t5-;6-/m00/s1. The summed E-state index contributed by atoms with van der Waals surface area (Å²) in [6, 6.07) is 0.558. The van der Waals surface area contributed by atoms with Crippen LogP contribution in [0.1, 0.15) is 38.5 Å². The van der Waals surface area contributed by atoms with Crippen LogP contribution < -0.4 is 22.1 Å². The van der Waals surface area contributed by atoms with Crippen LogP contribution in [0.2, 0.25) is 0 Å². The van der Waals surface area contributed by atoms with Crippen molar-refractivity contribution < 1.29 is 4.79 Å². The Balaban J connectivity index is 0.000000171. The van der Waals surface area contributed by atoms with Crippen LogP contribution in [0.4, 0.5) is 0 Å². The van der Waals surface area contributed by atoms with Gasteiger partial charge in [-0.25, -0.2) is 0 Å². The third-order valence-electron chi connectivity index (χ3n) is 3.35. The zero-order valence-corrected chi connectivity index (χ0v) is 10.6. The van der Waals surface area contributed by atoms with Gasteiger partial charge in [0, 0.05) is 12.6 Å². The second-order valence-corrected chi connectivity index (χ2v) is 4.79. The molecule has 1 amide bonds. The summed E-state index contributed by atoms with van der Waals surface area (Å²) in [5.74, 6) is -0.213. The summed E-state index contributed by atoms with van der Waals surface area (Å²) in [5.41, 5.74) is 10.5. The van der Waals surface area contributed by atoms with Crippen LogP contribution in [-0.2, 0) is 4.79 Å². The van der Waals surface area contributed by atoms with Gasteiger partial charge in [-0.05, 0) is 38.8 Å². The Morgan fingerprint density at radius 1 is 1.06 bits per heavy atom. The van der Waals surface area contributed by atoms with Crippen LogP contribution in [0, 0.1) is 0 Å². The average molecular weight is 242 g/mol. The quantitative estimate of drug-likeness (QED) is 0.535. The molecule has 2 rings (SSSR count). The SMILES string of the molecule is NC(=O)[C@@H]1CCCCN1.NC[C@@H]1CCCCN1. The highest BCUT2D eigenvalue weighted by Crippen LogP contribution is 2.05. The molecule has 2 atom stereocenters. The number of amides is 1. The molecule has 2 fully saturated rings. The minimum absolute atomic E-state index is 0.0567. The van der Waals surface area contributed by atoms with E-state index in [0.717, 1.165) is 25.9 Å². The highest BCUT2D eigenvalue weighted by Gasteiger charge is 2.16. The Bertz CT molecular complexity index is 211. The van der Waals surface area contributed by atoms with Crippen molar-refractivity contribution in [3.8, 4) is 0 Å². The summed E-state index contributed by atoms with van der Waals surface area (Å²) >= 11 is 0. The molecule has 2 aliphatic rings. The van der Waals surface area contributed by atoms with Crippen LogP contribution in [0.15, 0.2) is 0 Å². The minimum atomic E-state index is -0.213. The summed E-state index contributed by atoms with van der Waals surface area (Å²) < 4.78 is 0. The van der Waals surface area contributed by atoms with Crippen molar-refractivity contribution in [2.45, 2.75) is 50.6 Å². The predicted octanol–water partition coefficient (Wildman–Crippen LogP) is -0.299. The van der Waals surface area contributed by atoms with Crippen LogP contribution >= 0.6 is 0 Å². The molecule has 100 valence electrons. The maximum atomic E-state index is 10.5. The molecule has 5 nitrogen and oxygen atoms in total. The van der Waals surface area contributed by atoms with E-state index in [1.54, 1.807) is 0 Å². The van der Waals surface area contributed by atoms with Crippen molar-refractivity contribution in [2.75, 3.05) is 19.6 Å². The molecule has 2 heterocycles. The topological polar surface area (TPSA) is 93.2 Å². The first-order valence-electron chi connectivity index (χ1n) is 6.70. The third-order valence-corrected chi connectivity index (χ3v) is 3.35. The summed E-state index contributed by atoms with van der Waals surface area (Å²) in [5, 5.41) is 6.39. The van der Waals surface area contributed by atoms with Gasteiger partial charge in [-0.15, -0.1) is 0 Å². The number of carbonyl (C=O) groups is 1. The maximum Gasteiger partial charge on any atom is 0.234 e. The van der Waals surface area contributed by atoms with Crippen molar-refractivity contribution in [3.63, 3.8) is 0 Å². The normalized spacial score (nSPS) is 29.0. The Morgan fingerprint density at radius 2 is 1.71 bits per heavy atom. The fourth-order valence-electron chi connectivity index (χ4n) is 2.22. The van der Waals surface area contributed by atoms with Gasteiger partial charge in [-0.1, -0.05) is 12.8 Å². The lowest BCUT2D eigenvalue weighted by molar-refractivity contribution is -0.120. The molecule has 0 aromatic carbocycles. The fourth-order valence-corrected chi connectivity index (χ4v) is 2.22. The molecular weight excluding hydrogens is 216 g/mol. The molecule has 0 aliphatic carbocycles. The number of nitrogens with one attached hydrogen (secondary N) is 2. The van der Waals surface area contributed by atoms with Gasteiger partial charge >= 0.3 is 0 Å². The van der Waals surface area contributed by atoms with Crippen LogP contribution in [0.3, 0.4) is 0 Å². The number of primary amides is 1. The number of hydrogen-bond donors (Lipinski definition) is 4. The van der Waals surface area contributed by atoms with Gasteiger partial charge in [0.1, 0.15) is 0 Å². The Morgan fingerprint density at radius 3 is 2.00 bits per heavy atom. The van der Waals surface area contributed by atoms with Crippen molar-refractivity contribution in [1.29, 1.82) is 0 Å². The molecule has 5 heteroatoms. The Hall–Kier alpha value is -0.650. The maximum absolute atomic E-state index is 10.5. The van der Waals surface area contributed by atoms with Crippen LogP contribution in [-0.4, -0.2) is 37.6 Å². The second-order valence-electron chi connectivity index (χ2n) is 4.79. The van der Waals surface area contributed by atoms with E-state index in [4.69, 9.17) is 11.5 Å². The van der Waals surface area contributed by atoms with Gasteiger partial charge in [0.15, 0.2) is 0 Å². The summed E-state index contributed by atoms with van der Waals surface area (Å²) in [7, 11) is 0. The van der Waals surface area contributed by atoms with Gasteiger partial charge in [-0.3, -0.25) is 4.79 Å². The molecule has 0 aromatic heterocycles. The monoisotopic (exact) mass is 242 g/mol. The van der Waals surface area contributed by atoms with Gasteiger partial charge in [0.05, 0.1) is 6.04 Å². The van der Waals surface area contributed by atoms with E-state index in [9.17, 15) is 4.79 Å². The third kappa shape index (κ3) is 6.00. The van der Waals surface area contributed by atoms with Crippen molar-refractivity contribution in [3.05, 3.63) is 0 Å². The molecule has 0 unspecified atom stereocenters. The number of rotatable bonds is 2. The number of nitrogens with two attached hydrogens (primary N) is 2. The predicted molar refractivity (Wildman–Crippen MR) is 69.5 cm³/mol. The molecule has 0 aromatic rings. The number of piperidine rings is 2. The smallest absolute Gasteiger partial charge is 0.234 e. The van der Waals surface area contributed by atoms with E-state index < -0.39 is 0 Å². The van der Waals surface area contributed by atoms with Gasteiger partial charge in [0.25, 0.3) is 0 Å². The van der Waals surface area contributed by atoms with E-state index in [1.165, 1.54) is 32.2 Å². The summed E-state index contributed by atoms with van der Waals surface area (Å²) in [6.45, 7) is 2.91. The number of carbonyl (C=O) groups excluding carboxylic acids is 1. The lowest BCUT2D eigenvalue weighted by atomic mass is 10.1. The zero-order chi connectivity index (χ0) is 12.5. The van der Waals surface area contributed by atoms with Crippen molar-refractivity contribution >= 4 is 5.91 Å². The van der Waals surface area contributed by atoms with E-state index in [-0.39, 0.29) is 11.9 Å². The lowest BCUT2D eigenvalue weighted by Crippen LogP contribution is -2.44. The number of hydrogen-bond acceptors (Lipinski definition) is 4. The van der Waals surface area contributed by atoms with E-state index in [0.29, 0.717) is 6.04 Å². The molecule has 6 N–H and O–H groups in total. The molecular formula is C12H26N4O. The Labute approximate surface area is 104 Å². The average Bonchev–Trinajstić information content (AvgIpc) is 2.41. The molecule has 0 spiro atoms. The lowest BCUT2D eigenvalue weighted by Gasteiger charge is -2.21. The van der Waals surface area contributed by atoms with Crippen molar-refractivity contribution in [1.82, 2.24) is 10.6 Å². The first-order chi connectivity index (χ1) is 8.24. The highest BCUT2D eigenvalue weighted by atomic mass is 16.1. The van der Waals surface area contributed by atoms with Gasteiger partial charge < -0.3 is 22.1 Å². The Kier molecular flexibility index (Phi) is 7.16. The van der Waals surface area contributed by atoms with Gasteiger partial charge in [-0.2, -0.15) is 0 Å². The van der Waals surface area contributed by atoms with E-state index >= 15 is 0 Å². The molecule has 2 saturated heterocycles. The fraction of sp³-hybridized carbons (Fsp3) is 0.917. The molecule has 17 heavy (non-hydrogen) atoms. The van der Waals surface area contributed by atoms with Crippen LogP contribution in [0.5, 0.6) is 0 Å². The minimum Gasteiger partial charge on any atom is -0.368 e. The second kappa shape index (κ2) is 8.44. The van der Waals surface area contributed by atoms with E-state index in [1.807, 2.05) is 0 Å².